The van der Waals surface area contributed by atoms with Crippen molar-refractivity contribution in [1.29, 1.82) is 0 Å². The van der Waals surface area contributed by atoms with Gasteiger partial charge in [0.1, 0.15) is 35.5 Å². The Kier molecular flexibility index (Phi) is 12.2. The monoisotopic (exact) mass is 931 g/mol. The van der Waals surface area contributed by atoms with Crippen molar-refractivity contribution in [1.82, 2.24) is 15.2 Å². The van der Waals surface area contributed by atoms with Crippen LogP contribution in [0.3, 0.4) is 0 Å². The van der Waals surface area contributed by atoms with Gasteiger partial charge in [-0.15, -0.1) is 23.1 Å². The number of β-lactam (4-membered cyclic amide) rings is 1. The predicted molar refractivity (Wildman–Crippen MR) is 240 cm³/mol. The number of aromatic nitrogens is 1. The number of alkyl halides is 1. The molecule has 5 aromatic carbocycles. The SMILES string of the molecule is CO/N=C(/C(=O)N[C@@H]1C(=O)N2C(C(=O)OC(c3ccccc3)c3ccccc3)=C(CI)CS[C@H]12)c1csc(NC(c2ccccc2)(c2ccccc2)c2ccccc2)n1. The van der Waals surface area contributed by atoms with Crippen LogP contribution in [0, 0.1) is 0 Å². The summed E-state index contributed by atoms with van der Waals surface area (Å²) < 4.78 is 6.74. The maximum Gasteiger partial charge on any atom is 0.356 e. The lowest BCUT2D eigenvalue weighted by molar-refractivity contribution is -0.154. The number of esters is 1. The fourth-order valence-electron chi connectivity index (χ4n) is 7.41. The minimum atomic E-state index is -0.926. The lowest BCUT2D eigenvalue weighted by atomic mass is 9.77. The van der Waals surface area contributed by atoms with Gasteiger partial charge in [-0.25, -0.2) is 9.78 Å². The molecular formula is C46H38IN5O5S2. The number of fused-ring (bicyclic) bond motifs is 1. The molecule has 2 amide bonds. The third kappa shape index (κ3) is 8.01. The fourth-order valence-corrected chi connectivity index (χ4v) is 10.5. The molecule has 2 atom stereocenters. The average Bonchev–Trinajstić information content (AvgIpc) is 3.76. The van der Waals surface area contributed by atoms with Crippen LogP contribution in [-0.4, -0.2) is 62.1 Å². The van der Waals surface area contributed by atoms with Crippen molar-refractivity contribution in [2.45, 2.75) is 23.1 Å². The van der Waals surface area contributed by atoms with Crippen molar-refractivity contribution in [3.63, 3.8) is 0 Å². The maximum atomic E-state index is 14.1. The molecule has 1 fully saturated rings. The zero-order valence-electron chi connectivity index (χ0n) is 31.7. The number of ether oxygens (including phenoxy) is 1. The number of hydrogen-bond acceptors (Lipinski definition) is 10. The Balaban J connectivity index is 1.03. The lowest BCUT2D eigenvalue weighted by Gasteiger charge is -2.49. The number of carbonyl (C=O) groups is 3. The summed E-state index contributed by atoms with van der Waals surface area (Å²) in [5.74, 6) is -1.17. The number of amides is 2. The van der Waals surface area contributed by atoms with Crippen LogP contribution in [0.25, 0.3) is 0 Å². The van der Waals surface area contributed by atoms with Gasteiger partial charge in [0.05, 0.1) is 0 Å². The van der Waals surface area contributed by atoms with Crippen LogP contribution in [0.1, 0.15) is 39.6 Å². The molecule has 0 saturated carbocycles. The Hall–Kier alpha value is -5.77. The fraction of sp³-hybridized carbons (Fsp3) is 0.152. The third-order valence-corrected chi connectivity index (χ3v) is 13.2. The number of benzene rings is 5. The molecular weight excluding hydrogens is 894 g/mol. The molecule has 6 aromatic rings. The quantitative estimate of drug-likeness (QED) is 0.0213. The van der Waals surface area contributed by atoms with Crippen molar-refractivity contribution in [2.75, 3.05) is 22.6 Å². The highest BCUT2D eigenvalue weighted by Crippen LogP contribution is 2.43. The summed E-state index contributed by atoms with van der Waals surface area (Å²) in [7, 11) is 1.35. The van der Waals surface area contributed by atoms with Gasteiger partial charge in [0, 0.05) is 15.6 Å². The summed E-state index contributed by atoms with van der Waals surface area (Å²) in [6.45, 7) is 0. The van der Waals surface area contributed by atoms with E-state index in [0.717, 1.165) is 33.4 Å². The Labute approximate surface area is 363 Å². The van der Waals surface area contributed by atoms with Gasteiger partial charge in [-0.1, -0.05) is 179 Å². The van der Waals surface area contributed by atoms with E-state index < -0.39 is 40.8 Å². The van der Waals surface area contributed by atoms with E-state index in [9.17, 15) is 14.4 Å². The summed E-state index contributed by atoms with van der Waals surface area (Å²) in [6, 6.07) is 48.5. The van der Waals surface area contributed by atoms with Crippen LogP contribution in [-0.2, 0) is 29.5 Å². The second-order valence-electron chi connectivity index (χ2n) is 13.7. The first-order valence-electron chi connectivity index (χ1n) is 18.8. The van der Waals surface area contributed by atoms with Gasteiger partial charge >= 0.3 is 5.97 Å². The number of hydrogen-bond donors (Lipinski definition) is 2. The molecule has 0 radical (unpaired) electrons. The predicted octanol–water partition coefficient (Wildman–Crippen LogP) is 8.32. The van der Waals surface area contributed by atoms with E-state index in [4.69, 9.17) is 14.6 Å². The Morgan fingerprint density at radius 2 is 1.34 bits per heavy atom. The first-order valence-corrected chi connectivity index (χ1v) is 22.2. The molecule has 0 bridgehead atoms. The summed E-state index contributed by atoms with van der Waals surface area (Å²) >= 11 is 5.01. The van der Waals surface area contributed by atoms with Gasteiger partial charge in [-0.3, -0.25) is 14.5 Å². The largest absolute Gasteiger partial charge is 0.448 e. The maximum absolute atomic E-state index is 14.1. The smallest absolute Gasteiger partial charge is 0.356 e. The number of nitrogens with zero attached hydrogens (tertiary/aromatic N) is 3. The molecule has 59 heavy (non-hydrogen) atoms. The molecule has 13 heteroatoms. The number of thiazole rings is 1. The van der Waals surface area contributed by atoms with E-state index in [1.165, 1.54) is 35.1 Å². The van der Waals surface area contributed by atoms with E-state index in [1.807, 2.05) is 115 Å². The van der Waals surface area contributed by atoms with Gasteiger partial charge in [0.15, 0.2) is 16.9 Å². The topological polar surface area (TPSA) is 122 Å². The van der Waals surface area contributed by atoms with Crippen LogP contribution < -0.4 is 10.6 Å². The Bertz CT molecular complexity index is 2350. The second-order valence-corrected chi connectivity index (χ2v) is 16.4. The molecule has 296 valence electrons. The molecule has 0 spiro atoms. The highest BCUT2D eigenvalue weighted by atomic mass is 127. The first-order chi connectivity index (χ1) is 28.9. The molecule has 10 nitrogen and oxygen atoms in total. The number of rotatable bonds is 14. The minimum Gasteiger partial charge on any atom is -0.448 e. The number of halogens is 1. The summed E-state index contributed by atoms with van der Waals surface area (Å²) in [5.41, 5.74) is 4.94. The third-order valence-electron chi connectivity index (χ3n) is 10.2. The van der Waals surface area contributed by atoms with Crippen LogP contribution in [0.2, 0.25) is 0 Å². The molecule has 2 aliphatic rings. The average molecular weight is 932 g/mol. The summed E-state index contributed by atoms with van der Waals surface area (Å²) in [5, 5.41) is 12.4. The Morgan fingerprint density at radius 1 is 0.831 bits per heavy atom. The van der Waals surface area contributed by atoms with Crippen molar-refractivity contribution in [3.8, 4) is 0 Å². The number of anilines is 1. The molecule has 1 saturated heterocycles. The van der Waals surface area contributed by atoms with Crippen LogP contribution in [0.5, 0.6) is 0 Å². The molecule has 2 aliphatic heterocycles. The molecule has 0 aliphatic carbocycles. The molecule has 3 heterocycles. The van der Waals surface area contributed by atoms with Gasteiger partial charge in [-0.2, -0.15) is 0 Å². The molecule has 0 unspecified atom stereocenters. The van der Waals surface area contributed by atoms with Gasteiger partial charge < -0.3 is 20.2 Å². The van der Waals surface area contributed by atoms with Gasteiger partial charge in [0.25, 0.3) is 11.8 Å². The highest BCUT2D eigenvalue weighted by Gasteiger charge is 2.55. The minimum absolute atomic E-state index is 0.0923. The molecule has 2 N–H and O–H groups in total. The van der Waals surface area contributed by atoms with Crippen molar-refractivity contribution in [2.24, 2.45) is 5.16 Å². The van der Waals surface area contributed by atoms with Gasteiger partial charge in [-0.05, 0) is 33.4 Å². The number of thioether (sulfide) groups is 1. The zero-order chi connectivity index (χ0) is 40.8. The van der Waals surface area contributed by atoms with E-state index in [0.29, 0.717) is 15.3 Å². The van der Waals surface area contributed by atoms with Crippen LogP contribution in [0.4, 0.5) is 5.13 Å². The lowest BCUT2D eigenvalue weighted by Crippen LogP contribution is -2.71. The van der Waals surface area contributed by atoms with Crippen molar-refractivity contribution in [3.05, 3.63) is 202 Å². The first kappa shape index (κ1) is 40.0. The normalized spacial score (nSPS) is 16.6. The van der Waals surface area contributed by atoms with E-state index in [-0.39, 0.29) is 17.1 Å². The molecule has 1 aromatic heterocycles. The molecule has 8 rings (SSSR count). The summed E-state index contributed by atoms with van der Waals surface area (Å²) in [6.07, 6.45) is -0.684. The zero-order valence-corrected chi connectivity index (χ0v) is 35.5. The van der Waals surface area contributed by atoms with E-state index in [1.54, 1.807) is 5.38 Å². The van der Waals surface area contributed by atoms with E-state index in [2.05, 4.69) is 74.8 Å². The summed E-state index contributed by atoms with van der Waals surface area (Å²) in [4.78, 5) is 53.6. The number of carbonyl (C=O) groups excluding carboxylic acids is 3. The Morgan fingerprint density at radius 3 is 1.83 bits per heavy atom. The van der Waals surface area contributed by atoms with Crippen molar-refractivity contribution < 1.29 is 24.0 Å². The highest BCUT2D eigenvalue weighted by molar-refractivity contribution is 14.1. The van der Waals surface area contributed by atoms with Gasteiger partial charge in [0.2, 0.25) is 0 Å². The van der Waals surface area contributed by atoms with Crippen molar-refractivity contribution >= 4 is 74.3 Å². The van der Waals surface area contributed by atoms with Crippen LogP contribution >= 0.6 is 45.7 Å². The number of nitrogens with one attached hydrogen (secondary N) is 2. The van der Waals surface area contributed by atoms with Crippen LogP contribution in [0.15, 0.2) is 173 Å². The standard InChI is InChI=1S/C46H38IN5O5S2/c1-56-51-37(36-29-59-45(48-36)50-46(33-21-11-4-12-22-33,34-23-13-5-14-24-34)35-25-15-6-16-26-35)41(53)49-38-42(54)52-39(32(27-47)28-58-43(38)52)44(55)57-40(30-17-7-2-8-18-30)31-19-9-3-10-20-31/h2-26,29,38,40,43H,27-28H2,1H3,(H,48,50)(H,49,53)/b51-37+/t38-,43-/m1/s1. The number of oxime groups is 1. The second kappa shape index (κ2) is 18.0. The van der Waals surface area contributed by atoms with E-state index >= 15 is 0 Å².